The minimum Gasteiger partial charge on any atom is -0.353 e. The second-order valence-corrected chi connectivity index (χ2v) is 6.59. The van der Waals surface area contributed by atoms with E-state index in [-0.39, 0.29) is 5.82 Å². The molecule has 0 saturated carbocycles. The van der Waals surface area contributed by atoms with E-state index in [4.69, 9.17) is 0 Å². The van der Waals surface area contributed by atoms with E-state index in [0.29, 0.717) is 5.52 Å². The Morgan fingerprint density at radius 2 is 1.80 bits per heavy atom. The highest BCUT2D eigenvalue weighted by Crippen LogP contribution is 2.25. The van der Waals surface area contributed by atoms with Crippen molar-refractivity contribution in [1.82, 2.24) is 14.9 Å². The van der Waals surface area contributed by atoms with Gasteiger partial charge in [0.25, 0.3) is 0 Å². The molecule has 0 aliphatic carbocycles. The third kappa shape index (κ3) is 3.33. The fraction of sp³-hybridized carbons (Fsp3) is 0.300. The van der Waals surface area contributed by atoms with Gasteiger partial charge < -0.3 is 4.90 Å². The maximum absolute atomic E-state index is 14.0. The second kappa shape index (κ2) is 6.76. The molecule has 0 atom stereocenters. The molecule has 25 heavy (non-hydrogen) atoms. The highest BCUT2D eigenvalue weighted by molar-refractivity contribution is 5.89. The van der Waals surface area contributed by atoms with E-state index >= 15 is 0 Å². The average Bonchev–Trinajstić information content (AvgIpc) is 2.63. The lowest BCUT2D eigenvalue weighted by Gasteiger charge is -2.35. The Labute approximate surface area is 146 Å². The fourth-order valence-electron chi connectivity index (χ4n) is 3.48. The normalized spacial score (nSPS) is 15.7. The molecule has 1 aliphatic heterocycles. The van der Waals surface area contributed by atoms with Crippen LogP contribution in [0.4, 0.5) is 10.2 Å². The minimum absolute atomic E-state index is 0.292. The summed E-state index contributed by atoms with van der Waals surface area (Å²) in [4.78, 5) is 13.2. The summed E-state index contributed by atoms with van der Waals surface area (Å²) in [6.45, 7) is 6.79. The topological polar surface area (TPSA) is 32.3 Å². The van der Waals surface area contributed by atoms with Crippen LogP contribution in [-0.2, 0) is 6.54 Å². The number of rotatable bonds is 3. The first-order valence-electron chi connectivity index (χ1n) is 8.63. The van der Waals surface area contributed by atoms with Gasteiger partial charge in [0.1, 0.15) is 23.5 Å². The average molecular weight is 336 g/mol. The Kier molecular flexibility index (Phi) is 4.32. The molecule has 5 heteroatoms. The third-order valence-electron chi connectivity index (χ3n) is 4.76. The number of anilines is 1. The van der Waals surface area contributed by atoms with E-state index in [2.05, 4.69) is 51.0 Å². The summed E-state index contributed by atoms with van der Waals surface area (Å²) in [5, 5.41) is 0.787. The number of benzene rings is 2. The summed E-state index contributed by atoms with van der Waals surface area (Å²) in [5.41, 5.74) is 3.04. The number of fused-ring (bicyclic) bond motifs is 1. The Bertz CT molecular complexity index is 888. The van der Waals surface area contributed by atoms with E-state index in [1.165, 1.54) is 23.5 Å². The van der Waals surface area contributed by atoms with E-state index in [1.54, 1.807) is 6.07 Å². The molecule has 0 bridgehead atoms. The first-order chi connectivity index (χ1) is 12.2. The molecule has 1 saturated heterocycles. The number of nitrogens with zero attached hydrogens (tertiary/aromatic N) is 4. The van der Waals surface area contributed by atoms with E-state index in [9.17, 15) is 4.39 Å². The van der Waals surface area contributed by atoms with Crippen molar-refractivity contribution in [3.8, 4) is 0 Å². The van der Waals surface area contributed by atoms with Crippen LogP contribution in [0.25, 0.3) is 10.9 Å². The van der Waals surface area contributed by atoms with E-state index in [1.807, 2.05) is 6.07 Å². The summed E-state index contributed by atoms with van der Waals surface area (Å²) in [6, 6.07) is 13.7. The van der Waals surface area contributed by atoms with Crippen molar-refractivity contribution in [3.05, 3.63) is 65.7 Å². The summed E-state index contributed by atoms with van der Waals surface area (Å²) in [6.07, 6.45) is 1.46. The highest BCUT2D eigenvalue weighted by atomic mass is 19.1. The van der Waals surface area contributed by atoms with Gasteiger partial charge in [-0.2, -0.15) is 0 Å². The lowest BCUT2D eigenvalue weighted by molar-refractivity contribution is 0.249. The van der Waals surface area contributed by atoms with Gasteiger partial charge in [0.15, 0.2) is 0 Å². The van der Waals surface area contributed by atoms with Gasteiger partial charge in [-0.05, 0) is 24.6 Å². The number of hydrogen-bond acceptors (Lipinski definition) is 4. The number of aryl methyl sites for hydroxylation is 1. The van der Waals surface area contributed by atoms with Crippen LogP contribution < -0.4 is 4.90 Å². The SMILES string of the molecule is Cc1cccc(CN2CCN(c3ncnc4c(F)cccc34)CC2)c1. The Balaban J connectivity index is 1.48. The molecule has 0 amide bonds. The summed E-state index contributed by atoms with van der Waals surface area (Å²) < 4.78 is 14.0. The Hall–Kier alpha value is -2.53. The van der Waals surface area contributed by atoms with E-state index < -0.39 is 0 Å². The number of para-hydroxylation sites is 1. The quantitative estimate of drug-likeness (QED) is 0.734. The van der Waals surface area contributed by atoms with Gasteiger partial charge in [0.05, 0.1) is 0 Å². The number of aromatic nitrogens is 2. The molecule has 0 spiro atoms. The molecule has 3 aromatic rings. The van der Waals surface area contributed by atoms with Crippen molar-refractivity contribution >= 4 is 16.7 Å². The van der Waals surface area contributed by atoms with Crippen LogP contribution >= 0.6 is 0 Å². The van der Waals surface area contributed by atoms with Crippen LogP contribution in [0.2, 0.25) is 0 Å². The van der Waals surface area contributed by atoms with Crippen LogP contribution in [0.15, 0.2) is 48.8 Å². The molecule has 4 nitrogen and oxygen atoms in total. The molecule has 128 valence electrons. The molecular weight excluding hydrogens is 315 g/mol. The van der Waals surface area contributed by atoms with Crippen molar-refractivity contribution in [2.45, 2.75) is 13.5 Å². The fourth-order valence-corrected chi connectivity index (χ4v) is 3.48. The zero-order chi connectivity index (χ0) is 17.2. The molecule has 4 rings (SSSR count). The van der Waals surface area contributed by atoms with Gasteiger partial charge in [0.2, 0.25) is 0 Å². The van der Waals surface area contributed by atoms with Gasteiger partial charge in [0, 0.05) is 38.1 Å². The minimum atomic E-state index is -0.292. The maximum atomic E-state index is 14.0. The predicted octanol–water partition coefficient (Wildman–Crippen LogP) is 3.40. The van der Waals surface area contributed by atoms with Gasteiger partial charge in [-0.25, -0.2) is 14.4 Å². The highest BCUT2D eigenvalue weighted by Gasteiger charge is 2.20. The standard InChI is InChI=1S/C20H21FN4/c1-15-4-2-5-16(12-15)13-24-8-10-25(11-9-24)20-17-6-3-7-18(21)19(17)22-14-23-20/h2-7,12,14H,8-11,13H2,1H3. The van der Waals surface area contributed by atoms with Crippen molar-refractivity contribution in [3.63, 3.8) is 0 Å². The van der Waals surface area contributed by atoms with Gasteiger partial charge in [-0.1, -0.05) is 35.9 Å². The summed E-state index contributed by atoms with van der Waals surface area (Å²) in [7, 11) is 0. The summed E-state index contributed by atoms with van der Waals surface area (Å²) >= 11 is 0. The van der Waals surface area contributed by atoms with Crippen LogP contribution in [0.1, 0.15) is 11.1 Å². The lowest BCUT2D eigenvalue weighted by atomic mass is 10.1. The van der Waals surface area contributed by atoms with E-state index in [0.717, 1.165) is 43.9 Å². The first kappa shape index (κ1) is 16.0. The van der Waals surface area contributed by atoms with Crippen molar-refractivity contribution < 1.29 is 4.39 Å². The van der Waals surface area contributed by atoms with Crippen LogP contribution in [-0.4, -0.2) is 41.0 Å². The van der Waals surface area contributed by atoms with Gasteiger partial charge >= 0.3 is 0 Å². The third-order valence-corrected chi connectivity index (χ3v) is 4.76. The Morgan fingerprint density at radius 1 is 1.00 bits per heavy atom. The monoisotopic (exact) mass is 336 g/mol. The molecule has 0 radical (unpaired) electrons. The van der Waals surface area contributed by atoms with Gasteiger partial charge in [-0.15, -0.1) is 0 Å². The van der Waals surface area contributed by atoms with Gasteiger partial charge in [-0.3, -0.25) is 4.90 Å². The molecule has 1 fully saturated rings. The lowest BCUT2D eigenvalue weighted by Crippen LogP contribution is -2.46. The second-order valence-electron chi connectivity index (χ2n) is 6.59. The number of hydrogen-bond donors (Lipinski definition) is 0. The first-order valence-corrected chi connectivity index (χ1v) is 8.63. The number of halogens is 1. The van der Waals surface area contributed by atoms with Crippen molar-refractivity contribution in [1.29, 1.82) is 0 Å². The number of piperazine rings is 1. The zero-order valence-electron chi connectivity index (χ0n) is 14.3. The zero-order valence-corrected chi connectivity index (χ0v) is 14.3. The molecule has 1 aliphatic rings. The van der Waals surface area contributed by atoms with Crippen LogP contribution in [0.5, 0.6) is 0 Å². The molecular formula is C20H21FN4. The maximum Gasteiger partial charge on any atom is 0.149 e. The van der Waals surface area contributed by atoms with Crippen LogP contribution in [0.3, 0.4) is 0 Å². The molecule has 1 aromatic heterocycles. The Morgan fingerprint density at radius 3 is 2.60 bits per heavy atom. The molecule has 0 unspecified atom stereocenters. The predicted molar refractivity (Wildman–Crippen MR) is 98.2 cm³/mol. The summed E-state index contributed by atoms with van der Waals surface area (Å²) in [5.74, 6) is 0.541. The van der Waals surface area contributed by atoms with Crippen molar-refractivity contribution in [2.24, 2.45) is 0 Å². The molecule has 2 heterocycles. The van der Waals surface area contributed by atoms with Crippen LogP contribution in [0, 0.1) is 12.7 Å². The molecule has 0 N–H and O–H groups in total. The molecule has 2 aromatic carbocycles. The largest absolute Gasteiger partial charge is 0.353 e. The smallest absolute Gasteiger partial charge is 0.149 e. The van der Waals surface area contributed by atoms with Crippen molar-refractivity contribution in [2.75, 3.05) is 31.1 Å².